The van der Waals surface area contributed by atoms with E-state index in [0.717, 1.165) is 42.0 Å². The largest absolute Gasteiger partial charge is 0.444 e. The lowest BCUT2D eigenvalue weighted by Crippen LogP contribution is -2.56. The fourth-order valence-electron chi connectivity index (χ4n) is 5.23. The van der Waals surface area contributed by atoms with Gasteiger partial charge in [0.2, 0.25) is 11.9 Å². The van der Waals surface area contributed by atoms with Crippen molar-refractivity contribution < 1.29 is 14.3 Å². The van der Waals surface area contributed by atoms with Gasteiger partial charge in [0.1, 0.15) is 5.60 Å². The first-order valence-corrected chi connectivity index (χ1v) is 12.2. The molecule has 2 bridgehead atoms. The molecule has 4 heterocycles. The minimum atomic E-state index is -0.495. The molecule has 1 aromatic heterocycles. The number of rotatable bonds is 3. The van der Waals surface area contributed by atoms with Crippen molar-refractivity contribution in [2.45, 2.75) is 70.7 Å². The molecule has 2 aromatic rings. The van der Waals surface area contributed by atoms with Crippen LogP contribution < -0.4 is 4.90 Å². The van der Waals surface area contributed by atoms with Crippen LogP contribution in [0.1, 0.15) is 50.4 Å². The van der Waals surface area contributed by atoms with Gasteiger partial charge in [-0.05, 0) is 39.2 Å². The van der Waals surface area contributed by atoms with E-state index < -0.39 is 5.60 Å². The molecule has 34 heavy (non-hydrogen) atoms. The van der Waals surface area contributed by atoms with Crippen LogP contribution in [0.25, 0.3) is 0 Å². The van der Waals surface area contributed by atoms with Crippen molar-refractivity contribution in [3.63, 3.8) is 0 Å². The third kappa shape index (κ3) is 4.72. The van der Waals surface area contributed by atoms with Gasteiger partial charge in [-0.15, -0.1) is 0 Å². The second-order valence-corrected chi connectivity index (χ2v) is 10.5. The molecular weight excluding hydrogens is 430 g/mol. The maximum atomic E-state index is 12.8. The third-order valence-corrected chi connectivity index (χ3v) is 6.84. The van der Waals surface area contributed by atoms with Crippen molar-refractivity contribution in [1.29, 1.82) is 0 Å². The molecule has 3 aliphatic rings. The third-order valence-electron chi connectivity index (χ3n) is 6.84. The van der Waals surface area contributed by atoms with Gasteiger partial charge in [0, 0.05) is 44.4 Å². The molecule has 0 aliphatic carbocycles. The van der Waals surface area contributed by atoms with Crippen LogP contribution in [0.5, 0.6) is 0 Å². The van der Waals surface area contributed by atoms with E-state index in [1.165, 1.54) is 0 Å². The van der Waals surface area contributed by atoms with Crippen molar-refractivity contribution in [3.05, 3.63) is 53.3 Å². The van der Waals surface area contributed by atoms with Crippen LogP contribution in [0.4, 0.5) is 10.7 Å². The van der Waals surface area contributed by atoms with Crippen LogP contribution in [-0.4, -0.2) is 69.1 Å². The zero-order valence-electron chi connectivity index (χ0n) is 20.2. The van der Waals surface area contributed by atoms with Crippen LogP contribution in [-0.2, 0) is 28.9 Å². The molecular formula is C26H33N5O3. The van der Waals surface area contributed by atoms with Crippen LogP contribution in [0.15, 0.2) is 36.5 Å². The Hall–Kier alpha value is -3.16. The summed E-state index contributed by atoms with van der Waals surface area (Å²) in [7, 11) is 0. The highest BCUT2D eigenvalue weighted by Crippen LogP contribution is 2.34. The minimum Gasteiger partial charge on any atom is -0.444 e. The number of nitrogens with zero attached hydrogens (tertiary/aromatic N) is 5. The van der Waals surface area contributed by atoms with Crippen LogP contribution in [0, 0.1) is 0 Å². The molecule has 2 unspecified atom stereocenters. The number of fused-ring (bicyclic) bond motifs is 3. The van der Waals surface area contributed by atoms with Crippen molar-refractivity contribution in [3.8, 4) is 0 Å². The number of likely N-dealkylation sites (tertiary alicyclic amines) is 1. The number of ether oxygens (including phenoxy) is 1. The second kappa shape index (κ2) is 8.89. The monoisotopic (exact) mass is 463 g/mol. The molecule has 8 nitrogen and oxygen atoms in total. The van der Waals surface area contributed by atoms with Crippen LogP contribution in [0.3, 0.4) is 0 Å². The molecule has 0 radical (unpaired) electrons. The minimum absolute atomic E-state index is 0.136. The summed E-state index contributed by atoms with van der Waals surface area (Å²) in [5.41, 5.74) is 2.59. The van der Waals surface area contributed by atoms with Gasteiger partial charge in [0.15, 0.2) is 0 Å². The van der Waals surface area contributed by atoms with Crippen molar-refractivity contribution in [2.24, 2.45) is 0 Å². The summed E-state index contributed by atoms with van der Waals surface area (Å²) in [6.07, 6.45) is 4.84. The van der Waals surface area contributed by atoms with Gasteiger partial charge < -0.3 is 19.4 Å². The zero-order valence-corrected chi connectivity index (χ0v) is 20.2. The van der Waals surface area contributed by atoms with E-state index in [9.17, 15) is 9.59 Å². The number of carbonyl (C=O) groups is 2. The lowest BCUT2D eigenvalue weighted by Gasteiger charge is -2.41. The summed E-state index contributed by atoms with van der Waals surface area (Å²) in [6, 6.07) is 10.3. The highest BCUT2D eigenvalue weighted by Gasteiger charge is 2.43. The summed E-state index contributed by atoms with van der Waals surface area (Å²) in [5.74, 6) is 0.886. The lowest BCUT2D eigenvalue weighted by molar-refractivity contribution is -0.131. The molecule has 5 rings (SSSR count). The van der Waals surface area contributed by atoms with E-state index in [1.807, 2.05) is 67.1 Å². The molecule has 180 valence electrons. The van der Waals surface area contributed by atoms with Gasteiger partial charge in [-0.1, -0.05) is 30.3 Å². The van der Waals surface area contributed by atoms with Gasteiger partial charge in [-0.3, -0.25) is 4.79 Å². The summed E-state index contributed by atoms with van der Waals surface area (Å²) in [6.45, 7) is 8.18. The Balaban J connectivity index is 1.24. The fraction of sp³-hybridized carbons (Fsp3) is 0.538. The number of amides is 2. The van der Waals surface area contributed by atoms with Gasteiger partial charge in [0.05, 0.1) is 24.2 Å². The number of hydrogen-bond donors (Lipinski definition) is 0. The predicted octanol–water partition coefficient (Wildman–Crippen LogP) is 3.19. The highest BCUT2D eigenvalue weighted by molar-refractivity contribution is 5.79. The molecule has 2 fully saturated rings. The molecule has 1 aromatic carbocycles. The smallest absolute Gasteiger partial charge is 0.410 e. The second-order valence-electron chi connectivity index (χ2n) is 10.5. The zero-order chi connectivity index (χ0) is 23.9. The Kier molecular flexibility index (Phi) is 5.91. The quantitative estimate of drug-likeness (QED) is 0.696. The molecule has 0 N–H and O–H groups in total. The topological polar surface area (TPSA) is 78.9 Å². The number of piperazine rings is 1. The molecule has 0 saturated carbocycles. The Morgan fingerprint density at radius 1 is 1.06 bits per heavy atom. The Morgan fingerprint density at radius 3 is 2.44 bits per heavy atom. The summed E-state index contributed by atoms with van der Waals surface area (Å²) < 4.78 is 5.59. The first-order chi connectivity index (χ1) is 16.3. The van der Waals surface area contributed by atoms with E-state index in [1.54, 1.807) is 0 Å². The SMILES string of the molecule is CC(C)(C)OC(=O)N1CC2CCC(C1)N2c1ncc2c(n1)CCN(C(=O)Cc1ccccc1)C2. The lowest BCUT2D eigenvalue weighted by atomic mass is 10.1. The molecule has 0 spiro atoms. The molecule has 3 aliphatic heterocycles. The van der Waals surface area contributed by atoms with Crippen LogP contribution in [0.2, 0.25) is 0 Å². The van der Waals surface area contributed by atoms with E-state index >= 15 is 0 Å². The van der Waals surface area contributed by atoms with E-state index in [-0.39, 0.29) is 24.1 Å². The van der Waals surface area contributed by atoms with Crippen molar-refractivity contribution in [1.82, 2.24) is 19.8 Å². The highest BCUT2D eigenvalue weighted by atomic mass is 16.6. The first kappa shape index (κ1) is 22.6. The number of hydrogen-bond acceptors (Lipinski definition) is 6. The molecule has 2 amide bonds. The Bertz CT molecular complexity index is 1050. The normalized spacial score (nSPS) is 21.9. The number of aromatic nitrogens is 2. The van der Waals surface area contributed by atoms with Gasteiger partial charge >= 0.3 is 6.09 Å². The molecule has 8 heteroatoms. The summed E-state index contributed by atoms with van der Waals surface area (Å²) >= 11 is 0. The number of benzene rings is 1. The maximum absolute atomic E-state index is 12.8. The van der Waals surface area contributed by atoms with E-state index in [4.69, 9.17) is 14.7 Å². The van der Waals surface area contributed by atoms with Gasteiger partial charge in [-0.2, -0.15) is 0 Å². The average molecular weight is 464 g/mol. The van der Waals surface area contributed by atoms with Gasteiger partial charge in [0.25, 0.3) is 0 Å². The van der Waals surface area contributed by atoms with Gasteiger partial charge in [-0.25, -0.2) is 14.8 Å². The number of anilines is 1. The fourth-order valence-corrected chi connectivity index (χ4v) is 5.23. The number of carbonyl (C=O) groups excluding carboxylic acids is 2. The average Bonchev–Trinajstić information content (AvgIpc) is 3.06. The maximum Gasteiger partial charge on any atom is 0.410 e. The standard InChI is InChI=1S/C26H33N5O3/c1-26(2,3)34-25(33)30-16-20-9-10-21(17-30)31(20)24-27-14-19-15-29(12-11-22(19)28-24)23(32)13-18-7-5-4-6-8-18/h4-8,14,20-21H,9-13,15-17H2,1-3H3. The summed E-state index contributed by atoms with van der Waals surface area (Å²) in [4.78, 5) is 41.1. The van der Waals surface area contributed by atoms with Crippen molar-refractivity contribution >= 4 is 17.9 Å². The Labute approximate surface area is 200 Å². The molecule has 2 atom stereocenters. The molecule has 2 saturated heterocycles. The van der Waals surface area contributed by atoms with Crippen LogP contribution >= 0.6 is 0 Å². The van der Waals surface area contributed by atoms with Crippen molar-refractivity contribution in [2.75, 3.05) is 24.5 Å². The van der Waals surface area contributed by atoms with E-state index in [2.05, 4.69) is 4.90 Å². The Morgan fingerprint density at radius 2 is 1.76 bits per heavy atom. The first-order valence-electron chi connectivity index (χ1n) is 12.2. The van der Waals surface area contributed by atoms with E-state index in [0.29, 0.717) is 32.6 Å². The summed E-state index contributed by atoms with van der Waals surface area (Å²) in [5, 5.41) is 0. The predicted molar refractivity (Wildman–Crippen MR) is 128 cm³/mol.